The second-order valence-corrected chi connectivity index (χ2v) is 3.97. The predicted octanol–water partition coefficient (Wildman–Crippen LogP) is 1.31. The quantitative estimate of drug-likeness (QED) is 0.422. The molecule has 0 heterocycles. The monoisotopic (exact) mass is 299 g/mol. The van der Waals surface area contributed by atoms with Crippen LogP contribution in [0.25, 0.3) is 0 Å². The highest BCUT2D eigenvalue weighted by molar-refractivity contribution is 14.1. The summed E-state index contributed by atoms with van der Waals surface area (Å²) in [5.41, 5.74) is 5.49. The van der Waals surface area contributed by atoms with Crippen LogP contribution in [0.15, 0.2) is 0 Å². The minimum Gasteiger partial charge on any atom is -0.481 e. The lowest BCUT2D eigenvalue weighted by atomic mass is 10.1. The minimum absolute atomic E-state index is 0.0316. The van der Waals surface area contributed by atoms with Crippen LogP contribution < -0.4 is 5.73 Å². The molecule has 0 saturated carbocycles. The first-order valence-corrected chi connectivity index (χ1v) is 5.28. The van der Waals surface area contributed by atoms with Crippen molar-refractivity contribution in [2.45, 2.75) is 38.1 Å². The Morgan fingerprint density at radius 3 is 2.38 bits per heavy atom. The number of hydrogen-bond donors (Lipinski definition) is 2. The Hall–Kier alpha value is -0.170. The molecule has 0 rings (SSSR count). The summed E-state index contributed by atoms with van der Waals surface area (Å²) in [6.45, 7) is 0. The molecule has 0 fully saturated rings. The molecule has 0 saturated heterocycles. The first-order valence-electron chi connectivity index (χ1n) is 4.20. The number of carbonyl (C=O) groups excluding carboxylic acids is 1. The maximum Gasteiger partial charge on any atom is 0.303 e. The van der Waals surface area contributed by atoms with Gasteiger partial charge in [-0.15, -0.1) is 0 Å². The molecule has 3 N–H and O–H groups in total. The fourth-order valence-electron chi connectivity index (χ4n) is 0.931. The third kappa shape index (κ3) is 8.17. The zero-order chi connectivity index (χ0) is 10.3. The second-order valence-electron chi connectivity index (χ2n) is 2.90. The summed E-state index contributed by atoms with van der Waals surface area (Å²) < 4.78 is -0.0316. The topological polar surface area (TPSA) is 80.4 Å². The van der Waals surface area contributed by atoms with E-state index in [1.165, 1.54) is 0 Å². The van der Waals surface area contributed by atoms with Gasteiger partial charge in [0.1, 0.15) is 0 Å². The Morgan fingerprint density at radius 2 is 1.92 bits per heavy atom. The average Bonchev–Trinajstić information content (AvgIpc) is 2.02. The van der Waals surface area contributed by atoms with E-state index in [9.17, 15) is 9.59 Å². The van der Waals surface area contributed by atoms with Gasteiger partial charge in [-0.25, -0.2) is 0 Å². The maximum atomic E-state index is 10.7. The molecule has 0 spiro atoms. The van der Waals surface area contributed by atoms with Crippen molar-refractivity contribution < 1.29 is 14.7 Å². The number of carboxylic acids is 1. The smallest absolute Gasteiger partial charge is 0.303 e. The van der Waals surface area contributed by atoms with E-state index in [2.05, 4.69) is 0 Å². The van der Waals surface area contributed by atoms with Gasteiger partial charge < -0.3 is 10.8 Å². The molecule has 13 heavy (non-hydrogen) atoms. The van der Waals surface area contributed by atoms with Crippen molar-refractivity contribution in [3.8, 4) is 0 Å². The van der Waals surface area contributed by atoms with Crippen LogP contribution in [0.4, 0.5) is 0 Å². The van der Waals surface area contributed by atoms with Crippen molar-refractivity contribution in [2.75, 3.05) is 0 Å². The molecule has 0 aliphatic heterocycles. The molecular formula is C8H14INO3. The summed E-state index contributed by atoms with van der Waals surface area (Å²) in [7, 11) is 0. The maximum absolute atomic E-state index is 10.7. The van der Waals surface area contributed by atoms with E-state index in [0.29, 0.717) is 12.8 Å². The van der Waals surface area contributed by atoms with E-state index < -0.39 is 5.97 Å². The summed E-state index contributed by atoms with van der Waals surface area (Å²) in [5.74, 6) is -0.769. The molecule has 0 aromatic rings. The van der Waals surface area contributed by atoms with Crippen LogP contribution in [0.1, 0.15) is 32.1 Å². The number of rotatable bonds is 7. The van der Waals surface area contributed by atoms with Crippen LogP contribution in [0, 0.1) is 0 Å². The lowest BCUT2D eigenvalue weighted by Gasteiger charge is -2.04. The van der Waals surface area contributed by atoms with Gasteiger partial charge in [-0.2, -0.15) is 0 Å². The highest BCUT2D eigenvalue weighted by Crippen LogP contribution is 2.07. The van der Waals surface area contributed by atoms with Crippen LogP contribution in [-0.4, -0.2) is 20.9 Å². The van der Waals surface area contributed by atoms with E-state index >= 15 is 0 Å². The summed E-state index contributed by atoms with van der Waals surface area (Å²) in [6, 6.07) is -0.384. The lowest BCUT2D eigenvalue weighted by molar-refractivity contribution is -0.137. The van der Waals surface area contributed by atoms with E-state index in [4.69, 9.17) is 10.8 Å². The molecule has 5 heteroatoms. The van der Waals surface area contributed by atoms with E-state index in [-0.39, 0.29) is 16.3 Å². The van der Waals surface area contributed by atoms with Crippen molar-refractivity contribution in [3.63, 3.8) is 0 Å². The molecule has 0 bridgehead atoms. The number of aliphatic carboxylic acids is 1. The van der Waals surface area contributed by atoms with Gasteiger partial charge in [0.2, 0.25) is 3.79 Å². The third-order valence-electron chi connectivity index (χ3n) is 1.70. The Balaban J connectivity index is 3.26. The standard InChI is InChI=1S/C8H14INO3/c9-8(13)6(10)4-2-1-3-5-7(11)12/h6H,1-5,10H2,(H,11,12)/t6-/m0/s1. The zero-order valence-electron chi connectivity index (χ0n) is 7.33. The van der Waals surface area contributed by atoms with Crippen LogP contribution in [0.3, 0.4) is 0 Å². The van der Waals surface area contributed by atoms with Crippen molar-refractivity contribution >= 4 is 32.4 Å². The fourth-order valence-corrected chi connectivity index (χ4v) is 1.24. The molecule has 0 aromatic heterocycles. The second kappa shape index (κ2) is 7.25. The summed E-state index contributed by atoms with van der Waals surface area (Å²) in [6.07, 6.45) is 3.17. The van der Waals surface area contributed by atoms with E-state index in [1.54, 1.807) is 22.6 Å². The SMILES string of the molecule is N[C@@H](CCCCCC(=O)O)C(=O)I. The molecular weight excluding hydrogens is 285 g/mol. The third-order valence-corrected chi connectivity index (χ3v) is 2.50. The van der Waals surface area contributed by atoms with Gasteiger partial charge in [0.25, 0.3) is 0 Å². The normalized spacial score (nSPS) is 12.5. The molecule has 0 unspecified atom stereocenters. The summed E-state index contributed by atoms with van der Waals surface area (Å²) in [4.78, 5) is 20.8. The van der Waals surface area contributed by atoms with Crippen LogP contribution >= 0.6 is 22.6 Å². The highest BCUT2D eigenvalue weighted by atomic mass is 127. The lowest BCUT2D eigenvalue weighted by Crippen LogP contribution is -2.25. The fraction of sp³-hybridized carbons (Fsp3) is 0.750. The first-order chi connectivity index (χ1) is 6.04. The van der Waals surface area contributed by atoms with Gasteiger partial charge in [-0.05, 0) is 12.8 Å². The molecule has 1 atom stereocenters. The van der Waals surface area contributed by atoms with Gasteiger partial charge >= 0.3 is 5.97 Å². The molecule has 76 valence electrons. The zero-order valence-corrected chi connectivity index (χ0v) is 9.49. The van der Waals surface area contributed by atoms with Crippen molar-refractivity contribution in [3.05, 3.63) is 0 Å². The number of carboxylic acid groups (broad SMARTS) is 1. The Bertz CT molecular complexity index is 184. The Morgan fingerprint density at radius 1 is 1.31 bits per heavy atom. The van der Waals surface area contributed by atoms with Crippen LogP contribution in [0.2, 0.25) is 0 Å². The van der Waals surface area contributed by atoms with E-state index in [1.807, 2.05) is 0 Å². The molecule has 4 nitrogen and oxygen atoms in total. The largest absolute Gasteiger partial charge is 0.481 e. The predicted molar refractivity (Wildman–Crippen MR) is 57.7 cm³/mol. The molecule has 0 aliphatic carbocycles. The number of halogens is 1. The number of nitrogens with two attached hydrogens (primary N) is 1. The number of unbranched alkanes of at least 4 members (excludes halogenated alkanes) is 2. The molecule has 0 amide bonds. The van der Waals surface area contributed by atoms with Gasteiger partial charge in [0.15, 0.2) is 0 Å². The molecule has 0 aliphatic rings. The van der Waals surface area contributed by atoms with Crippen molar-refractivity contribution in [1.29, 1.82) is 0 Å². The van der Waals surface area contributed by atoms with Crippen LogP contribution in [-0.2, 0) is 9.59 Å². The van der Waals surface area contributed by atoms with E-state index in [0.717, 1.165) is 12.8 Å². The van der Waals surface area contributed by atoms with Crippen molar-refractivity contribution in [1.82, 2.24) is 0 Å². The number of hydrogen-bond acceptors (Lipinski definition) is 3. The molecule has 0 aromatic carbocycles. The highest BCUT2D eigenvalue weighted by Gasteiger charge is 2.08. The van der Waals surface area contributed by atoms with Crippen molar-refractivity contribution in [2.24, 2.45) is 5.73 Å². The van der Waals surface area contributed by atoms with Gasteiger partial charge in [-0.3, -0.25) is 9.59 Å². The Labute approximate surface area is 91.0 Å². The minimum atomic E-state index is -0.769. The summed E-state index contributed by atoms with van der Waals surface area (Å²) in [5, 5.41) is 8.33. The first kappa shape index (κ1) is 12.8. The van der Waals surface area contributed by atoms with Gasteiger partial charge in [0.05, 0.1) is 6.04 Å². The average molecular weight is 299 g/mol. The van der Waals surface area contributed by atoms with Gasteiger partial charge in [-0.1, -0.05) is 12.8 Å². The number of carbonyl (C=O) groups is 2. The van der Waals surface area contributed by atoms with Gasteiger partial charge in [0, 0.05) is 29.0 Å². The van der Waals surface area contributed by atoms with Crippen LogP contribution in [0.5, 0.6) is 0 Å². The summed E-state index contributed by atoms with van der Waals surface area (Å²) >= 11 is 1.68. The Kier molecular flexibility index (Phi) is 7.16. The molecule has 0 radical (unpaired) electrons.